The fourth-order valence-electron chi connectivity index (χ4n) is 1.19. The Morgan fingerprint density at radius 1 is 1.53 bits per heavy atom. The quantitative estimate of drug-likeness (QED) is 0.449. The minimum Gasteiger partial charge on any atom is -0.398 e. The Hall–Kier alpha value is -2.46. The minimum absolute atomic E-state index is 0.0715. The van der Waals surface area contributed by atoms with E-state index in [9.17, 15) is 4.79 Å². The number of nitrogens with one attached hydrogen (secondary N) is 1. The Labute approximate surface area is 100 Å². The zero-order valence-electron chi connectivity index (χ0n) is 9.58. The molecule has 0 bridgehead atoms. The highest BCUT2D eigenvalue weighted by atomic mass is 16.1. The van der Waals surface area contributed by atoms with Gasteiger partial charge in [0.1, 0.15) is 0 Å². The number of carbonyl (C=O) groups is 1. The normalized spacial score (nSPS) is 8.71. The van der Waals surface area contributed by atoms with Crippen LogP contribution in [-0.4, -0.2) is 12.5 Å². The summed E-state index contributed by atoms with van der Waals surface area (Å²) >= 11 is 0. The maximum absolute atomic E-state index is 10.6. The molecule has 0 fully saturated rings. The number of nitriles is 1. The first-order valence-corrected chi connectivity index (χ1v) is 5.16. The molecule has 86 valence electrons. The zero-order valence-corrected chi connectivity index (χ0v) is 9.58. The van der Waals surface area contributed by atoms with Crippen LogP contribution in [0.5, 0.6) is 0 Å². The molecule has 1 aromatic rings. The van der Waals surface area contributed by atoms with E-state index in [2.05, 4.69) is 17.2 Å². The van der Waals surface area contributed by atoms with Crippen LogP contribution in [0.1, 0.15) is 24.5 Å². The van der Waals surface area contributed by atoms with E-state index in [1.54, 1.807) is 18.2 Å². The molecule has 1 aromatic carbocycles. The molecule has 0 aliphatic rings. The molecule has 0 spiro atoms. The smallest absolute Gasteiger partial charge is 0.216 e. The van der Waals surface area contributed by atoms with Crippen molar-refractivity contribution in [3.8, 4) is 17.9 Å². The maximum Gasteiger partial charge on any atom is 0.216 e. The first-order valence-electron chi connectivity index (χ1n) is 5.16. The Bertz CT molecular complexity index is 518. The lowest BCUT2D eigenvalue weighted by Crippen LogP contribution is -2.20. The molecular formula is C13H13N3O. The van der Waals surface area contributed by atoms with Crippen LogP contribution in [0.25, 0.3) is 0 Å². The van der Waals surface area contributed by atoms with Crippen molar-refractivity contribution in [2.75, 3.05) is 12.3 Å². The number of anilines is 1. The van der Waals surface area contributed by atoms with Crippen LogP contribution >= 0.6 is 0 Å². The van der Waals surface area contributed by atoms with Gasteiger partial charge in [-0.05, 0) is 18.2 Å². The predicted octanol–water partition coefficient (Wildman–Crippen LogP) is 1.02. The molecule has 0 saturated carbocycles. The number of hydrogen-bond acceptors (Lipinski definition) is 3. The molecule has 0 aromatic heterocycles. The molecule has 0 radical (unpaired) electrons. The van der Waals surface area contributed by atoms with Crippen molar-refractivity contribution in [1.29, 1.82) is 5.26 Å². The Kier molecular flexibility index (Phi) is 4.59. The highest BCUT2D eigenvalue weighted by Crippen LogP contribution is 2.12. The zero-order chi connectivity index (χ0) is 12.7. The summed E-state index contributed by atoms with van der Waals surface area (Å²) in [6, 6.07) is 7.00. The summed E-state index contributed by atoms with van der Waals surface area (Å²) in [5.41, 5.74) is 7.46. The summed E-state index contributed by atoms with van der Waals surface area (Å²) in [6.45, 7) is 1.97. The van der Waals surface area contributed by atoms with Crippen molar-refractivity contribution < 1.29 is 4.79 Å². The van der Waals surface area contributed by atoms with Crippen molar-refractivity contribution in [1.82, 2.24) is 5.32 Å². The van der Waals surface area contributed by atoms with Crippen LogP contribution in [-0.2, 0) is 4.79 Å². The largest absolute Gasteiger partial charge is 0.398 e. The third kappa shape index (κ3) is 4.27. The Balaban J connectivity index is 2.65. The van der Waals surface area contributed by atoms with Gasteiger partial charge < -0.3 is 11.1 Å². The van der Waals surface area contributed by atoms with Gasteiger partial charge in [-0.15, -0.1) is 0 Å². The molecule has 1 rings (SSSR count). The van der Waals surface area contributed by atoms with Gasteiger partial charge in [0, 0.05) is 31.1 Å². The van der Waals surface area contributed by atoms with E-state index in [4.69, 9.17) is 11.0 Å². The highest BCUT2D eigenvalue weighted by molar-refractivity contribution is 5.72. The second-order valence-electron chi connectivity index (χ2n) is 3.45. The number of nitrogens with zero attached hydrogens (tertiary/aromatic N) is 1. The lowest BCUT2D eigenvalue weighted by atomic mass is 10.1. The van der Waals surface area contributed by atoms with Crippen molar-refractivity contribution in [3.63, 3.8) is 0 Å². The molecule has 1 amide bonds. The minimum atomic E-state index is -0.0715. The van der Waals surface area contributed by atoms with Crippen molar-refractivity contribution >= 4 is 11.6 Å². The van der Waals surface area contributed by atoms with Gasteiger partial charge in [0.15, 0.2) is 0 Å². The summed E-state index contributed by atoms with van der Waals surface area (Å²) in [5, 5.41) is 11.4. The lowest BCUT2D eigenvalue weighted by Gasteiger charge is -1.98. The topological polar surface area (TPSA) is 78.9 Å². The van der Waals surface area contributed by atoms with E-state index < -0.39 is 0 Å². The predicted molar refractivity (Wildman–Crippen MR) is 65.7 cm³/mol. The fourth-order valence-corrected chi connectivity index (χ4v) is 1.19. The molecule has 0 unspecified atom stereocenters. The van der Waals surface area contributed by atoms with E-state index in [1.165, 1.54) is 6.92 Å². The molecule has 17 heavy (non-hydrogen) atoms. The molecule has 0 saturated heterocycles. The van der Waals surface area contributed by atoms with Gasteiger partial charge in [-0.2, -0.15) is 5.26 Å². The van der Waals surface area contributed by atoms with Crippen molar-refractivity contribution in [2.45, 2.75) is 13.3 Å². The number of nitrogens with two attached hydrogens (primary N) is 1. The molecule has 0 heterocycles. The monoisotopic (exact) mass is 227 g/mol. The average Bonchev–Trinajstić information content (AvgIpc) is 2.30. The van der Waals surface area contributed by atoms with Crippen LogP contribution < -0.4 is 11.1 Å². The van der Waals surface area contributed by atoms with Crippen LogP contribution in [0.15, 0.2) is 18.2 Å². The van der Waals surface area contributed by atoms with Crippen molar-refractivity contribution in [3.05, 3.63) is 29.3 Å². The summed E-state index contributed by atoms with van der Waals surface area (Å²) in [5.74, 6) is 5.71. The van der Waals surface area contributed by atoms with Crippen LogP contribution in [0.3, 0.4) is 0 Å². The molecular weight excluding hydrogens is 214 g/mol. The van der Waals surface area contributed by atoms with E-state index in [0.29, 0.717) is 29.8 Å². The summed E-state index contributed by atoms with van der Waals surface area (Å²) in [6.07, 6.45) is 0.551. The second kappa shape index (κ2) is 6.19. The summed E-state index contributed by atoms with van der Waals surface area (Å²) < 4.78 is 0. The summed E-state index contributed by atoms with van der Waals surface area (Å²) in [7, 11) is 0. The third-order valence-electron chi connectivity index (χ3n) is 2.03. The molecule has 3 N–H and O–H groups in total. The maximum atomic E-state index is 10.6. The highest BCUT2D eigenvalue weighted by Gasteiger charge is 1.97. The van der Waals surface area contributed by atoms with Crippen LogP contribution in [0.2, 0.25) is 0 Å². The Morgan fingerprint density at radius 3 is 2.94 bits per heavy atom. The number of nitrogen functional groups attached to an aromatic ring is 1. The molecule has 4 heteroatoms. The van der Waals surface area contributed by atoms with Gasteiger partial charge in [-0.25, -0.2) is 0 Å². The van der Waals surface area contributed by atoms with Gasteiger partial charge in [0.25, 0.3) is 0 Å². The van der Waals surface area contributed by atoms with Crippen molar-refractivity contribution in [2.24, 2.45) is 0 Å². The fraction of sp³-hybridized carbons (Fsp3) is 0.231. The van der Waals surface area contributed by atoms with E-state index >= 15 is 0 Å². The summed E-state index contributed by atoms with van der Waals surface area (Å²) in [4.78, 5) is 10.6. The third-order valence-corrected chi connectivity index (χ3v) is 2.03. The molecule has 4 nitrogen and oxygen atoms in total. The van der Waals surface area contributed by atoms with Crippen LogP contribution in [0.4, 0.5) is 5.69 Å². The number of amides is 1. The Morgan fingerprint density at radius 2 is 2.29 bits per heavy atom. The standard InChI is InChI=1S/C13H13N3O/c1-10(17)16-7-3-2-4-12-8-11(9-14)5-6-13(12)15/h5-6,8H,3,7,15H2,1H3,(H,16,17). The lowest BCUT2D eigenvalue weighted by molar-refractivity contribution is -0.118. The van der Waals surface area contributed by atoms with Gasteiger partial charge in [-0.1, -0.05) is 11.8 Å². The van der Waals surface area contributed by atoms with Gasteiger partial charge >= 0.3 is 0 Å². The number of rotatable bonds is 2. The van der Waals surface area contributed by atoms with Gasteiger partial charge in [0.2, 0.25) is 5.91 Å². The number of benzene rings is 1. The van der Waals surface area contributed by atoms with Gasteiger partial charge in [0.05, 0.1) is 11.6 Å². The first-order chi connectivity index (χ1) is 8.13. The number of hydrogen-bond donors (Lipinski definition) is 2. The average molecular weight is 227 g/mol. The van der Waals surface area contributed by atoms with E-state index in [1.807, 2.05) is 6.07 Å². The van der Waals surface area contributed by atoms with E-state index in [0.717, 1.165) is 0 Å². The van der Waals surface area contributed by atoms with Gasteiger partial charge in [-0.3, -0.25) is 4.79 Å². The molecule has 0 aliphatic carbocycles. The molecule has 0 atom stereocenters. The second-order valence-corrected chi connectivity index (χ2v) is 3.45. The molecule has 0 aliphatic heterocycles. The first kappa shape index (κ1) is 12.6. The van der Waals surface area contributed by atoms with Crippen LogP contribution in [0, 0.1) is 23.2 Å². The van der Waals surface area contributed by atoms with E-state index in [-0.39, 0.29) is 5.91 Å². The number of carbonyl (C=O) groups excluding carboxylic acids is 1. The SMILES string of the molecule is CC(=O)NCCC#Cc1cc(C#N)ccc1N.